The first-order chi connectivity index (χ1) is 9.75. The standard InChI is InChI=1S/C18H19NO/c1-14-7-2-3-8-15(14)13-19-12-6-11-18(20)16-9-4-5-10-17(16)19/h2-5,7-10H,6,11-13H2,1H3. The largest absolute Gasteiger partial charge is 0.367 e. The van der Waals surface area contributed by atoms with Crippen LogP contribution in [0.25, 0.3) is 0 Å². The smallest absolute Gasteiger partial charge is 0.165 e. The van der Waals surface area contributed by atoms with E-state index in [0.717, 1.165) is 30.8 Å². The Morgan fingerprint density at radius 1 is 1.05 bits per heavy atom. The van der Waals surface area contributed by atoms with Crippen molar-refractivity contribution in [3.8, 4) is 0 Å². The zero-order valence-corrected chi connectivity index (χ0v) is 11.8. The molecule has 0 amide bonds. The first-order valence-electron chi connectivity index (χ1n) is 7.17. The second kappa shape index (κ2) is 5.49. The molecule has 0 spiro atoms. The number of carbonyl (C=O) groups is 1. The van der Waals surface area contributed by atoms with Crippen LogP contribution in [-0.4, -0.2) is 12.3 Å². The molecule has 0 saturated carbocycles. The zero-order chi connectivity index (χ0) is 13.9. The molecule has 0 saturated heterocycles. The predicted octanol–water partition coefficient (Wildman–Crippen LogP) is 3.98. The lowest BCUT2D eigenvalue weighted by molar-refractivity contribution is 0.0984. The maximum atomic E-state index is 12.1. The summed E-state index contributed by atoms with van der Waals surface area (Å²) in [5, 5.41) is 0. The fourth-order valence-electron chi connectivity index (χ4n) is 2.83. The minimum atomic E-state index is 0.271. The van der Waals surface area contributed by atoms with E-state index in [1.807, 2.05) is 18.2 Å². The van der Waals surface area contributed by atoms with Gasteiger partial charge < -0.3 is 4.90 Å². The summed E-state index contributed by atoms with van der Waals surface area (Å²) in [4.78, 5) is 14.5. The molecular weight excluding hydrogens is 246 g/mol. The van der Waals surface area contributed by atoms with Crippen molar-refractivity contribution in [3.63, 3.8) is 0 Å². The molecule has 2 aromatic carbocycles. The van der Waals surface area contributed by atoms with Crippen LogP contribution >= 0.6 is 0 Å². The van der Waals surface area contributed by atoms with Crippen molar-refractivity contribution in [2.45, 2.75) is 26.3 Å². The topological polar surface area (TPSA) is 20.3 Å². The summed E-state index contributed by atoms with van der Waals surface area (Å²) in [5.41, 5.74) is 4.59. The van der Waals surface area contributed by atoms with Gasteiger partial charge in [0.2, 0.25) is 0 Å². The van der Waals surface area contributed by atoms with Crippen LogP contribution in [0.3, 0.4) is 0 Å². The quantitative estimate of drug-likeness (QED) is 0.818. The fourth-order valence-corrected chi connectivity index (χ4v) is 2.83. The van der Waals surface area contributed by atoms with Crippen LogP contribution in [-0.2, 0) is 6.54 Å². The third-order valence-corrected chi connectivity index (χ3v) is 4.00. The van der Waals surface area contributed by atoms with Crippen molar-refractivity contribution in [2.75, 3.05) is 11.4 Å². The van der Waals surface area contributed by atoms with Crippen LogP contribution in [0.15, 0.2) is 48.5 Å². The maximum Gasteiger partial charge on any atom is 0.165 e. The molecule has 0 unspecified atom stereocenters. The number of para-hydroxylation sites is 1. The Kier molecular flexibility index (Phi) is 3.55. The number of benzene rings is 2. The number of hydrogen-bond acceptors (Lipinski definition) is 2. The first kappa shape index (κ1) is 12.9. The zero-order valence-electron chi connectivity index (χ0n) is 11.8. The number of anilines is 1. The highest BCUT2D eigenvalue weighted by molar-refractivity contribution is 6.01. The highest BCUT2D eigenvalue weighted by Crippen LogP contribution is 2.27. The molecule has 1 aliphatic heterocycles. The Labute approximate surface area is 120 Å². The molecule has 1 aliphatic rings. The number of nitrogens with zero attached hydrogens (tertiary/aromatic N) is 1. The van der Waals surface area contributed by atoms with Gasteiger partial charge in [-0.25, -0.2) is 0 Å². The molecule has 3 rings (SSSR count). The molecule has 0 aliphatic carbocycles. The molecule has 2 nitrogen and oxygen atoms in total. The van der Waals surface area contributed by atoms with E-state index in [1.54, 1.807) is 0 Å². The average molecular weight is 265 g/mol. The van der Waals surface area contributed by atoms with Gasteiger partial charge in [0.1, 0.15) is 0 Å². The maximum absolute atomic E-state index is 12.1. The Morgan fingerprint density at radius 3 is 2.65 bits per heavy atom. The number of rotatable bonds is 2. The second-order valence-electron chi connectivity index (χ2n) is 5.39. The molecular formula is C18H19NO. The van der Waals surface area contributed by atoms with E-state index in [0.29, 0.717) is 6.42 Å². The third kappa shape index (κ3) is 2.46. The van der Waals surface area contributed by atoms with E-state index >= 15 is 0 Å². The lowest BCUT2D eigenvalue weighted by atomic mass is 10.1. The van der Waals surface area contributed by atoms with E-state index in [9.17, 15) is 4.79 Å². The predicted molar refractivity (Wildman–Crippen MR) is 82.2 cm³/mol. The van der Waals surface area contributed by atoms with Gasteiger partial charge in [0.05, 0.1) is 0 Å². The van der Waals surface area contributed by atoms with Crippen molar-refractivity contribution in [1.82, 2.24) is 0 Å². The Balaban J connectivity index is 1.96. The lowest BCUT2D eigenvalue weighted by Gasteiger charge is -2.25. The summed E-state index contributed by atoms with van der Waals surface area (Å²) in [6, 6.07) is 16.5. The Morgan fingerprint density at radius 2 is 1.80 bits per heavy atom. The summed E-state index contributed by atoms with van der Waals surface area (Å²) in [7, 11) is 0. The van der Waals surface area contributed by atoms with Crippen molar-refractivity contribution >= 4 is 11.5 Å². The van der Waals surface area contributed by atoms with Crippen LogP contribution in [0.5, 0.6) is 0 Å². The van der Waals surface area contributed by atoms with Gasteiger partial charge in [-0.1, -0.05) is 36.4 Å². The number of fused-ring (bicyclic) bond motifs is 1. The molecule has 102 valence electrons. The Bertz CT molecular complexity index is 633. The number of hydrogen-bond donors (Lipinski definition) is 0. The lowest BCUT2D eigenvalue weighted by Crippen LogP contribution is -2.24. The van der Waals surface area contributed by atoms with Gasteiger partial charge in [-0.15, -0.1) is 0 Å². The van der Waals surface area contributed by atoms with Crippen molar-refractivity contribution in [1.29, 1.82) is 0 Å². The number of aryl methyl sites for hydroxylation is 1. The fraction of sp³-hybridized carbons (Fsp3) is 0.278. The van der Waals surface area contributed by atoms with Crippen LogP contribution in [0.4, 0.5) is 5.69 Å². The summed E-state index contributed by atoms with van der Waals surface area (Å²) >= 11 is 0. The summed E-state index contributed by atoms with van der Waals surface area (Å²) in [6.07, 6.45) is 1.58. The van der Waals surface area contributed by atoms with Crippen LogP contribution < -0.4 is 4.90 Å². The van der Waals surface area contributed by atoms with E-state index in [-0.39, 0.29) is 5.78 Å². The van der Waals surface area contributed by atoms with Crippen molar-refractivity contribution in [3.05, 3.63) is 65.2 Å². The molecule has 2 aromatic rings. The third-order valence-electron chi connectivity index (χ3n) is 4.00. The molecule has 0 aromatic heterocycles. The second-order valence-corrected chi connectivity index (χ2v) is 5.39. The van der Waals surface area contributed by atoms with Gasteiger partial charge in [0.15, 0.2) is 5.78 Å². The van der Waals surface area contributed by atoms with Crippen molar-refractivity contribution < 1.29 is 4.79 Å². The number of Topliss-reactive ketones (excluding diaryl/α,β-unsaturated/α-hetero) is 1. The molecule has 0 atom stereocenters. The van der Waals surface area contributed by atoms with E-state index < -0.39 is 0 Å². The summed E-state index contributed by atoms with van der Waals surface area (Å²) in [6.45, 7) is 3.96. The SMILES string of the molecule is Cc1ccccc1CN1CCCC(=O)c2ccccc21. The first-order valence-corrected chi connectivity index (χ1v) is 7.17. The average Bonchev–Trinajstić information content (AvgIpc) is 2.62. The van der Waals surface area contributed by atoms with Gasteiger partial charge in [-0.2, -0.15) is 0 Å². The minimum absolute atomic E-state index is 0.271. The van der Waals surface area contributed by atoms with Gasteiger partial charge in [-0.05, 0) is 36.6 Å². The highest BCUT2D eigenvalue weighted by Gasteiger charge is 2.20. The monoisotopic (exact) mass is 265 g/mol. The number of carbonyl (C=O) groups excluding carboxylic acids is 1. The molecule has 0 N–H and O–H groups in total. The molecule has 2 heteroatoms. The molecule has 0 radical (unpaired) electrons. The van der Waals surface area contributed by atoms with E-state index in [2.05, 4.69) is 42.2 Å². The highest BCUT2D eigenvalue weighted by atomic mass is 16.1. The van der Waals surface area contributed by atoms with Gasteiger partial charge in [0.25, 0.3) is 0 Å². The molecule has 20 heavy (non-hydrogen) atoms. The van der Waals surface area contributed by atoms with Crippen LogP contribution in [0.1, 0.15) is 34.3 Å². The summed E-state index contributed by atoms with van der Waals surface area (Å²) < 4.78 is 0. The Hall–Kier alpha value is -2.09. The number of ketones is 1. The molecule has 0 bridgehead atoms. The van der Waals surface area contributed by atoms with E-state index in [4.69, 9.17) is 0 Å². The van der Waals surface area contributed by atoms with Gasteiger partial charge in [0, 0.05) is 30.8 Å². The van der Waals surface area contributed by atoms with Crippen LogP contribution in [0.2, 0.25) is 0 Å². The minimum Gasteiger partial charge on any atom is -0.367 e. The van der Waals surface area contributed by atoms with Gasteiger partial charge >= 0.3 is 0 Å². The molecule has 0 fully saturated rings. The summed E-state index contributed by atoms with van der Waals surface area (Å²) in [5.74, 6) is 0.271. The van der Waals surface area contributed by atoms with Crippen molar-refractivity contribution in [2.24, 2.45) is 0 Å². The molecule has 1 heterocycles. The normalized spacial score (nSPS) is 14.8. The van der Waals surface area contributed by atoms with Crippen LogP contribution in [0, 0.1) is 6.92 Å². The van der Waals surface area contributed by atoms with Gasteiger partial charge in [-0.3, -0.25) is 4.79 Å². The van der Waals surface area contributed by atoms with E-state index in [1.165, 1.54) is 11.1 Å².